The van der Waals surface area contributed by atoms with Crippen molar-refractivity contribution in [1.82, 2.24) is 0 Å². The summed E-state index contributed by atoms with van der Waals surface area (Å²) in [5.74, 6) is 2.53. The molecule has 3 heteroatoms. The zero-order chi connectivity index (χ0) is 36.0. The van der Waals surface area contributed by atoms with Gasteiger partial charge < -0.3 is 14.2 Å². The maximum atomic E-state index is 6.50. The molecular weight excluding hydrogens is 613 g/mol. The van der Waals surface area contributed by atoms with E-state index in [4.69, 9.17) is 14.2 Å². The third-order valence-electron chi connectivity index (χ3n) is 10.4. The molecule has 0 saturated carbocycles. The van der Waals surface area contributed by atoms with Gasteiger partial charge in [-0.3, -0.25) is 0 Å². The number of ether oxygens (including phenoxy) is 3. The van der Waals surface area contributed by atoms with Crippen molar-refractivity contribution in [1.29, 1.82) is 0 Å². The van der Waals surface area contributed by atoms with Crippen LogP contribution in [0.1, 0.15) is 238 Å². The third kappa shape index (κ3) is 28.2. The molecule has 3 nitrogen and oxygen atoms in total. The van der Waals surface area contributed by atoms with Crippen LogP contribution in [-0.4, -0.2) is 19.8 Å². The first kappa shape index (κ1) is 46.6. The van der Waals surface area contributed by atoms with E-state index in [0.29, 0.717) is 0 Å². The Balaban J connectivity index is 2.51. The predicted octanol–water partition coefficient (Wildman–Crippen LogP) is 16.1. The maximum Gasteiger partial charge on any atom is 0.203 e. The summed E-state index contributed by atoms with van der Waals surface area (Å²) >= 11 is 0. The van der Waals surface area contributed by atoms with Gasteiger partial charge >= 0.3 is 0 Å². The van der Waals surface area contributed by atoms with Crippen molar-refractivity contribution in [3.63, 3.8) is 0 Å². The monoisotopic (exact) mass is 700 g/mol. The lowest BCUT2D eigenvalue weighted by atomic mass is 10.1. The molecule has 0 aromatic heterocycles. The zero-order valence-electron chi connectivity index (χ0n) is 34.2. The number of hydrogen-bond donors (Lipinski definition) is 0. The molecule has 0 spiro atoms. The molecule has 0 amide bonds. The first-order valence-electron chi connectivity index (χ1n) is 22.6. The molecule has 1 aromatic carbocycles. The van der Waals surface area contributed by atoms with E-state index in [1.807, 2.05) is 0 Å². The van der Waals surface area contributed by atoms with Crippen LogP contribution in [-0.2, 0) is 6.42 Å². The van der Waals surface area contributed by atoms with Gasteiger partial charge in [0.25, 0.3) is 0 Å². The zero-order valence-corrected chi connectivity index (χ0v) is 34.2. The van der Waals surface area contributed by atoms with Crippen LogP contribution in [0, 0.1) is 6.92 Å². The largest absolute Gasteiger partial charge is 0.490 e. The van der Waals surface area contributed by atoms with Gasteiger partial charge in [0.1, 0.15) is 0 Å². The topological polar surface area (TPSA) is 27.7 Å². The number of benzene rings is 1. The van der Waals surface area contributed by atoms with Crippen LogP contribution < -0.4 is 14.2 Å². The fraction of sp³-hybridized carbons (Fsp3) is 0.851. The van der Waals surface area contributed by atoms with Crippen molar-refractivity contribution in [3.05, 3.63) is 24.6 Å². The van der Waals surface area contributed by atoms with Gasteiger partial charge in [-0.25, -0.2) is 0 Å². The van der Waals surface area contributed by atoms with Crippen LogP contribution in [0.5, 0.6) is 17.2 Å². The number of hydrogen-bond acceptors (Lipinski definition) is 3. The molecule has 0 fully saturated rings. The van der Waals surface area contributed by atoms with E-state index in [1.54, 1.807) is 0 Å². The molecule has 0 aliphatic carbocycles. The minimum Gasteiger partial charge on any atom is -0.490 e. The quantitative estimate of drug-likeness (QED) is 0.0638. The van der Waals surface area contributed by atoms with Crippen LogP contribution in [0.25, 0.3) is 0 Å². The number of rotatable bonds is 40. The Labute approximate surface area is 314 Å². The molecule has 50 heavy (non-hydrogen) atoms. The van der Waals surface area contributed by atoms with Gasteiger partial charge in [-0.05, 0) is 50.3 Å². The summed E-state index contributed by atoms with van der Waals surface area (Å²) < 4.78 is 19.4. The van der Waals surface area contributed by atoms with E-state index in [2.05, 4.69) is 39.8 Å². The minimum absolute atomic E-state index is 0.725. The van der Waals surface area contributed by atoms with E-state index in [-0.39, 0.29) is 0 Å². The average molecular weight is 700 g/mol. The van der Waals surface area contributed by atoms with Crippen molar-refractivity contribution in [2.24, 2.45) is 0 Å². The molecule has 0 aliphatic rings. The van der Waals surface area contributed by atoms with Crippen LogP contribution in [0.4, 0.5) is 0 Å². The van der Waals surface area contributed by atoms with E-state index < -0.39 is 0 Å². The fourth-order valence-corrected chi connectivity index (χ4v) is 6.97. The summed E-state index contributed by atoms with van der Waals surface area (Å²) in [7, 11) is 0. The van der Waals surface area contributed by atoms with Gasteiger partial charge in [-0.15, -0.1) is 0 Å². The lowest BCUT2D eigenvalue weighted by molar-refractivity contribution is 0.234. The standard InChI is InChI=1S/C47H87O3/c1-5-9-12-15-18-21-24-27-30-33-36-39-48-45-42-44(8-4)43-46(49-40-37-34-31-28-25-22-19-16-13-10-6-2)47(45)50-41-38-35-32-29-26-23-20-17-14-11-7-3/h42-43H,4-41H2,1-3H3. The van der Waals surface area contributed by atoms with E-state index in [0.717, 1.165) is 68.3 Å². The third-order valence-corrected chi connectivity index (χ3v) is 10.4. The van der Waals surface area contributed by atoms with Crippen LogP contribution >= 0.6 is 0 Å². The van der Waals surface area contributed by atoms with Gasteiger partial charge in [-0.1, -0.05) is 213 Å². The molecule has 1 rings (SSSR count). The normalized spacial score (nSPS) is 11.4. The molecular formula is C47H87O3. The molecule has 0 atom stereocenters. The molecule has 293 valence electrons. The molecule has 0 saturated heterocycles. The van der Waals surface area contributed by atoms with E-state index >= 15 is 0 Å². The summed E-state index contributed by atoms with van der Waals surface area (Å²) in [6.45, 7) is 13.3. The van der Waals surface area contributed by atoms with Crippen molar-refractivity contribution in [3.8, 4) is 17.2 Å². The van der Waals surface area contributed by atoms with E-state index in [1.165, 1.54) is 193 Å². The molecule has 0 aliphatic heterocycles. The Hall–Kier alpha value is -1.38. The van der Waals surface area contributed by atoms with Crippen molar-refractivity contribution in [2.75, 3.05) is 19.8 Å². The maximum absolute atomic E-state index is 6.50. The Kier molecular flexibility index (Phi) is 34.9. The highest BCUT2D eigenvalue weighted by Crippen LogP contribution is 2.40. The van der Waals surface area contributed by atoms with Crippen LogP contribution in [0.2, 0.25) is 0 Å². The minimum atomic E-state index is 0.725. The predicted molar refractivity (Wildman–Crippen MR) is 221 cm³/mol. The molecule has 0 bridgehead atoms. The molecule has 0 N–H and O–H groups in total. The van der Waals surface area contributed by atoms with Gasteiger partial charge in [0.05, 0.1) is 19.8 Å². The SMILES string of the molecule is [CH2]Cc1cc(OCCCCCCCCCCCCC)c(OCCCCCCCCCCCCC)c(OCCCCCCCCCCCCC)c1. The fourth-order valence-electron chi connectivity index (χ4n) is 6.97. The Morgan fingerprint density at radius 2 is 0.580 bits per heavy atom. The van der Waals surface area contributed by atoms with Gasteiger partial charge in [-0.2, -0.15) is 0 Å². The van der Waals surface area contributed by atoms with Crippen LogP contribution in [0.15, 0.2) is 12.1 Å². The number of unbranched alkanes of at least 4 members (excludes halogenated alkanes) is 30. The van der Waals surface area contributed by atoms with Crippen molar-refractivity contribution >= 4 is 0 Å². The molecule has 0 unspecified atom stereocenters. The summed E-state index contributed by atoms with van der Waals surface area (Å²) in [5, 5.41) is 0. The average Bonchev–Trinajstić information content (AvgIpc) is 3.13. The highest BCUT2D eigenvalue weighted by Gasteiger charge is 2.16. The summed E-state index contributed by atoms with van der Waals surface area (Å²) in [6, 6.07) is 4.30. The summed E-state index contributed by atoms with van der Waals surface area (Å²) in [5.41, 5.74) is 1.16. The van der Waals surface area contributed by atoms with Gasteiger partial charge in [0.15, 0.2) is 11.5 Å². The lowest BCUT2D eigenvalue weighted by Crippen LogP contribution is -2.07. The van der Waals surface area contributed by atoms with Crippen molar-refractivity contribution < 1.29 is 14.2 Å². The van der Waals surface area contributed by atoms with Gasteiger partial charge in [0.2, 0.25) is 5.75 Å². The first-order chi connectivity index (χ1) is 24.8. The first-order valence-corrected chi connectivity index (χ1v) is 22.6. The molecule has 1 aromatic rings. The Morgan fingerprint density at radius 1 is 0.340 bits per heavy atom. The second-order valence-corrected chi connectivity index (χ2v) is 15.3. The highest BCUT2D eigenvalue weighted by molar-refractivity contribution is 5.54. The molecule has 0 heterocycles. The lowest BCUT2D eigenvalue weighted by Gasteiger charge is -2.19. The smallest absolute Gasteiger partial charge is 0.203 e. The van der Waals surface area contributed by atoms with E-state index in [9.17, 15) is 0 Å². The highest BCUT2D eigenvalue weighted by atomic mass is 16.5. The second kappa shape index (κ2) is 37.4. The second-order valence-electron chi connectivity index (χ2n) is 15.3. The summed E-state index contributed by atoms with van der Waals surface area (Å²) in [6.07, 6.45) is 45.0. The Bertz CT molecular complexity index is 772. The van der Waals surface area contributed by atoms with Gasteiger partial charge in [0, 0.05) is 0 Å². The Morgan fingerprint density at radius 3 is 0.840 bits per heavy atom. The summed E-state index contributed by atoms with van der Waals surface area (Å²) in [4.78, 5) is 0. The molecule has 1 radical (unpaired) electrons. The van der Waals surface area contributed by atoms with Crippen molar-refractivity contribution in [2.45, 2.75) is 239 Å². The van der Waals surface area contributed by atoms with Crippen LogP contribution in [0.3, 0.4) is 0 Å².